The van der Waals surface area contributed by atoms with Gasteiger partial charge >= 0.3 is 5.97 Å². The van der Waals surface area contributed by atoms with Crippen molar-refractivity contribution < 1.29 is 14.3 Å². The maximum Gasteiger partial charge on any atom is 0.328 e. The zero-order chi connectivity index (χ0) is 19.1. The average molecular weight is 482 g/mol. The van der Waals surface area contributed by atoms with Crippen molar-refractivity contribution in [1.82, 2.24) is 15.5 Å². The van der Waals surface area contributed by atoms with E-state index in [0.29, 0.717) is 19.0 Å². The summed E-state index contributed by atoms with van der Waals surface area (Å²) >= 11 is 0. The lowest BCUT2D eigenvalue weighted by Crippen LogP contribution is -2.49. The fraction of sp³-hybridized carbons (Fsp3) is 0.833. The molecule has 0 radical (unpaired) electrons. The number of esters is 1. The third-order valence-corrected chi connectivity index (χ3v) is 4.15. The smallest absolute Gasteiger partial charge is 0.328 e. The van der Waals surface area contributed by atoms with Crippen molar-refractivity contribution in [3.63, 3.8) is 0 Å². The van der Waals surface area contributed by atoms with Crippen molar-refractivity contribution in [1.29, 1.82) is 0 Å². The SMILES string of the molecule is CCNC(=NCC(=O)OC(C)(C)C)NCC1(C(=O)N(C)C)CCCC1.I. The largest absolute Gasteiger partial charge is 0.459 e. The van der Waals surface area contributed by atoms with Gasteiger partial charge in [-0.05, 0) is 40.5 Å². The number of ether oxygens (including phenoxy) is 1. The zero-order valence-corrected chi connectivity index (χ0v) is 19.3. The highest BCUT2D eigenvalue weighted by molar-refractivity contribution is 14.0. The number of carbonyl (C=O) groups is 2. The summed E-state index contributed by atoms with van der Waals surface area (Å²) in [6, 6.07) is 0. The fourth-order valence-electron chi connectivity index (χ4n) is 3.10. The molecule has 1 aliphatic carbocycles. The quantitative estimate of drug-likeness (QED) is 0.263. The lowest BCUT2D eigenvalue weighted by Gasteiger charge is -2.31. The monoisotopic (exact) mass is 482 g/mol. The van der Waals surface area contributed by atoms with Gasteiger partial charge in [0.05, 0.1) is 5.41 Å². The molecule has 152 valence electrons. The third kappa shape index (κ3) is 8.09. The minimum absolute atomic E-state index is 0. The number of nitrogens with one attached hydrogen (secondary N) is 2. The number of halogens is 1. The van der Waals surface area contributed by atoms with Crippen LogP contribution in [0.25, 0.3) is 0 Å². The van der Waals surface area contributed by atoms with Crippen molar-refractivity contribution in [2.75, 3.05) is 33.7 Å². The van der Waals surface area contributed by atoms with E-state index >= 15 is 0 Å². The number of guanidine groups is 1. The Bertz CT molecular complexity index is 495. The number of rotatable bonds is 6. The van der Waals surface area contributed by atoms with E-state index in [4.69, 9.17) is 4.74 Å². The van der Waals surface area contributed by atoms with Gasteiger partial charge in [-0.25, -0.2) is 4.99 Å². The Morgan fingerprint density at radius 2 is 1.73 bits per heavy atom. The van der Waals surface area contributed by atoms with Gasteiger partial charge in [-0.2, -0.15) is 0 Å². The molecular formula is C18H35IN4O3. The molecule has 0 saturated heterocycles. The zero-order valence-electron chi connectivity index (χ0n) is 17.0. The minimum atomic E-state index is -0.523. The second kappa shape index (κ2) is 10.9. The van der Waals surface area contributed by atoms with Crippen molar-refractivity contribution in [2.45, 2.75) is 59.0 Å². The van der Waals surface area contributed by atoms with Crippen LogP contribution in [0.4, 0.5) is 0 Å². The molecule has 8 heteroatoms. The lowest BCUT2D eigenvalue weighted by molar-refractivity contribution is -0.152. The van der Waals surface area contributed by atoms with Gasteiger partial charge in [0.25, 0.3) is 0 Å². The Balaban J connectivity index is 0.00000625. The first-order valence-corrected chi connectivity index (χ1v) is 9.05. The predicted octanol–water partition coefficient (Wildman–Crippen LogP) is 2.15. The Morgan fingerprint density at radius 3 is 2.19 bits per heavy atom. The van der Waals surface area contributed by atoms with Crippen LogP contribution in [-0.2, 0) is 14.3 Å². The lowest BCUT2D eigenvalue weighted by atomic mass is 9.84. The standard InChI is InChI=1S/C18H34N4O3.HI/c1-7-19-16(20-12-14(23)25-17(2,3)4)21-13-18(10-8-9-11-18)15(24)22(5)6;/h7-13H2,1-6H3,(H2,19,20,21);1H. The molecule has 0 spiro atoms. The van der Waals surface area contributed by atoms with Crippen molar-refractivity contribution >= 4 is 41.8 Å². The van der Waals surface area contributed by atoms with E-state index < -0.39 is 5.60 Å². The van der Waals surface area contributed by atoms with E-state index in [1.165, 1.54) is 0 Å². The molecule has 0 atom stereocenters. The Kier molecular flexibility index (Phi) is 10.5. The van der Waals surface area contributed by atoms with Gasteiger partial charge in [0.1, 0.15) is 12.1 Å². The average Bonchev–Trinajstić information content (AvgIpc) is 2.97. The summed E-state index contributed by atoms with van der Waals surface area (Å²) in [5, 5.41) is 6.36. The summed E-state index contributed by atoms with van der Waals surface area (Å²) in [6.45, 7) is 8.58. The summed E-state index contributed by atoms with van der Waals surface area (Å²) in [7, 11) is 3.59. The first kappa shape index (κ1) is 24.9. The van der Waals surface area contributed by atoms with E-state index in [-0.39, 0.29) is 47.8 Å². The molecule has 1 aliphatic rings. The van der Waals surface area contributed by atoms with Gasteiger partial charge in [0.2, 0.25) is 5.91 Å². The highest BCUT2D eigenvalue weighted by Crippen LogP contribution is 2.38. The third-order valence-electron chi connectivity index (χ3n) is 4.15. The molecule has 0 unspecified atom stereocenters. The van der Waals surface area contributed by atoms with Gasteiger partial charge in [-0.1, -0.05) is 12.8 Å². The summed E-state index contributed by atoms with van der Waals surface area (Å²) in [6.07, 6.45) is 3.88. The summed E-state index contributed by atoms with van der Waals surface area (Å²) < 4.78 is 5.27. The van der Waals surface area contributed by atoms with Crippen LogP contribution in [0, 0.1) is 5.41 Å². The summed E-state index contributed by atoms with van der Waals surface area (Å²) in [5.41, 5.74) is -0.907. The molecular weight excluding hydrogens is 447 g/mol. The molecule has 0 aromatic heterocycles. The van der Waals surface area contributed by atoms with Crippen molar-refractivity contribution in [3.05, 3.63) is 0 Å². The second-order valence-corrected chi connectivity index (χ2v) is 7.82. The minimum Gasteiger partial charge on any atom is -0.459 e. The van der Waals surface area contributed by atoms with Gasteiger partial charge in [0, 0.05) is 27.2 Å². The molecule has 1 amide bonds. The number of hydrogen-bond acceptors (Lipinski definition) is 4. The van der Waals surface area contributed by atoms with Crippen molar-refractivity contribution in [2.24, 2.45) is 10.4 Å². The maximum atomic E-state index is 12.6. The molecule has 0 bridgehead atoms. The van der Waals surface area contributed by atoms with E-state index in [9.17, 15) is 9.59 Å². The van der Waals surface area contributed by atoms with Gasteiger partial charge in [0.15, 0.2) is 5.96 Å². The summed E-state index contributed by atoms with van der Waals surface area (Å²) in [5.74, 6) is 0.316. The van der Waals surface area contributed by atoms with E-state index in [1.807, 2.05) is 27.7 Å². The maximum absolute atomic E-state index is 12.6. The van der Waals surface area contributed by atoms with Crippen LogP contribution in [0.15, 0.2) is 4.99 Å². The van der Waals surface area contributed by atoms with Crippen molar-refractivity contribution in [3.8, 4) is 0 Å². The Labute approximate surface area is 174 Å². The normalized spacial score (nSPS) is 16.5. The van der Waals surface area contributed by atoms with E-state index in [0.717, 1.165) is 25.7 Å². The van der Waals surface area contributed by atoms with Crippen LogP contribution < -0.4 is 10.6 Å². The highest BCUT2D eigenvalue weighted by Gasteiger charge is 2.42. The topological polar surface area (TPSA) is 83.0 Å². The Hall–Kier alpha value is -1.06. The Morgan fingerprint density at radius 1 is 1.15 bits per heavy atom. The van der Waals surface area contributed by atoms with Crippen LogP contribution in [0.2, 0.25) is 0 Å². The fourth-order valence-corrected chi connectivity index (χ4v) is 3.10. The number of aliphatic imine (C=N–C) groups is 1. The first-order chi connectivity index (χ1) is 11.6. The van der Waals surface area contributed by atoms with Gasteiger partial charge in [-0.15, -0.1) is 24.0 Å². The van der Waals surface area contributed by atoms with Gasteiger partial charge in [-0.3, -0.25) is 9.59 Å². The molecule has 1 fully saturated rings. The molecule has 26 heavy (non-hydrogen) atoms. The molecule has 1 rings (SSSR count). The number of carbonyl (C=O) groups excluding carboxylic acids is 2. The van der Waals surface area contributed by atoms with Crippen LogP contribution in [0.5, 0.6) is 0 Å². The highest BCUT2D eigenvalue weighted by atomic mass is 127. The van der Waals surface area contributed by atoms with E-state index in [1.54, 1.807) is 19.0 Å². The second-order valence-electron chi connectivity index (χ2n) is 7.82. The molecule has 1 saturated carbocycles. The van der Waals surface area contributed by atoms with E-state index in [2.05, 4.69) is 15.6 Å². The number of hydrogen-bond donors (Lipinski definition) is 2. The molecule has 0 aromatic rings. The number of amides is 1. The van der Waals surface area contributed by atoms with Crippen LogP contribution >= 0.6 is 24.0 Å². The molecule has 7 nitrogen and oxygen atoms in total. The first-order valence-electron chi connectivity index (χ1n) is 9.05. The molecule has 2 N–H and O–H groups in total. The molecule has 0 aliphatic heterocycles. The van der Waals surface area contributed by atoms with Gasteiger partial charge < -0.3 is 20.3 Å². The number of nitrogens with zero attached hydrogens (tertiary/aromatic N) is 2. The molecule has 0 heterocycles. The van der Waals surface area contributed by atoms with Crippen LogP contribution in [0.1, 0.15) is 53.4 Å². The summed E-state index contributed by atoms with van der Waals surface area (Å²) in [4.78, 5) is 30.4. The molecule has 0 aromatic carbocycles. The van der Waals surface area contributed by atoms with Crippen LogP contribution in [0.3, 0.4) is 0 Å². The van der Waals surface area contributed by atoms with Crippen LogP contribution in [-0.4, -0.2) is 62.1 Å². The predicted molar refractivity (Wildman–Crippen MR) is 115 cm³/mol.